The molecule has 12 heavy (non-hydrogen) atoms. The summed E-state index contributed by atoms with van der Waals surface area (Å²) in [5, 5.41) is -1.42. The van der Waals surface area contributed by atoms with E-state index < -0.39 is 12.9 Å². The zero-order valence-electron chi connectivity index (χ0n) is 7.81. The third-order valence-corrected chi connectivity index (χ3v) is 2.84. The molecule has 0 unspecified atom stereocenters. The van der Waals surface area contributed by atoms with E-state index in [-0.39, 0.29) is 6.60 Å². The van der Waals surface area contributed by atoms with E-state index in [1.165, 1.54) is 21.2 Å². The van der Waals surface area contributed by atoms with Gasteiger partial charge in [-0.1, -0.05) is 13.6 Å². The second-order valence-corrected chi connectivity index (χ2v) is 5.65. The molecule has 2 N–H and O–H groups in total. The van der Waals surface area contributed by atoms with Crippen molar-refractivity contribution in [3.8, 4) is 0 Å². The molecule has 0 saturated carbocycles. The molecule has 0 saturated heterocycles. The predicted molar refractivity (Wildman–Crippen MR) is 50.4 cm³/mol. The average Bonchev–Trinajstić information content (AvgIpc) is 1.81. The van der Waals surface area contributed by atoms with Crippen molar-refractivity contribution in [3.05, 3.63) is 0 Å². The van der Waals surface area contributed by atoms with E-state index in [4.69, 9.17) is 14.4 Å². The molecule has 0 bridgehead atoms. The minimum absolute atomic E-state index is 0.149. The van der Waals surface area contributed by atoms with Gasteiger partial charge in [0.05, 0.1) is 0 Å². The molecule has 69 valence electrons. The molecule has 0 aromatic rings. The highest BCUT2D eigenvalue weighted by atomic mass is 31.2. The molecule has 0 aliphatic carbocycles. The molecular weight excluding hydrogens is 177 g/mol. The molecule has 0 aromatic heterocycles. The lowest BCUT2D eigenvalue weighted by Gasteiger charge is -2.27. The fourth-order valence-electron chi connectivity index (χ4n) is 0.371. The molecule has 7 heteroatoms. The third kappa shape index (κ3) is 3.76. The lowest BCUT2D eigenvalue weighted by Crippen LogP contribution is -2.31. The lowest BCUT2D eigenvalue weighted by atomic mass is 9.32. The van der Waals surface area contributed by atoms with Gasteiger partial charge in [-0.2, -0.15) is 0 Å². The number of rotatable bonds is 4. The largest absolute Gasteiger partial charge is 0.436 e. The van der Waals surface area contributed by atoms with Crippen molar-refractivity contribution >= 4 is 21.6 Å². The summed E-state index contributed by atoms with van der Waals surface area (Å²) in [4.78, 5) is 17.6. The second-order valence-electron chi connectivity index (χ2n) is 3.49. The summed E-state index contributed by atoms with van der Waals surface area (Å²) in [6.07, 6.45) is 0. The van der Waals surface area contributed by atoms with Crippen LogP contribution in [0.5, 0.6) is 0 Å². The van der Waals surface area contributed by atoms with Crippen LogP contribution in [0.25, 0.3) is 0 Å². The Hall–Kier alpha value is 0.240. The monoisotopic (exact) mass is 191 g/mol. The van der Waals surface area contributed by atoms with Crippen LogP contribution >= 0.6 is 7.60 Å². The molecule has 0 aliphatic heterocycles. The SMILES string of the molecule is CB(C)[B]OC(C)(C)P(=O)(O)O. The van der Waals surface area contributed by atoms with Crippen LogP contribution in [-0.4, -0.2) is 29.1 Å². The van der Waals surface area contributed by atoms with Crippen molar-refractivity contribution in [1.82, 2.24) is 0 Å². The summed E-state index contributed by atoms with van der Waals surface area (Å²) >= 11 is 0. The maximum Gasteiger partial charge on any atom is 0.354 e. The van der Waals surface area contributed by atoms with Gasteiger partial charge in [0.25, 0.3) is 7.37 Å². The van der Waals surface area contributed by atoms with E-state index in [9.17, 15) is 4.57 Å². The topological polar surface area (TPSA) is 66.8 Å². The average molecular weight is 191 g/mol. The molecule has 4 nitrogen and oxygen atoms in total. The van der Waals surface area contributed by atoms with Gasteiger partial charge in [-0.3, -0.25) is 4.57 Å². The Balaban J connectivity index is 4.15. The summed E-state index contributed by atoms with van der Waals surface area (Å²) in [5.74, 6) is 0. The molecule has 0 atom stereocenters. The summed E-state index contributed by atoms with van der Waals surface area (Å²) < 4.78 is 15.8. The normalized spacial score (nSPS) is 12.8. The van der Waals surface area contributed by atoms with Gasteiger partial charge in [0, 0.05) is 0 Å². The lowest BCUT2D eigenvalue weighted by molar-refractivity contribution is 0.162. The third-order valence-electron chi connectivity index (χ3n) is 1.33. The molecule has 1 radical (unpaired) electrons. The van der Waals surface area contributed by atoms with Crippen LogP contribution in [0, 0.1) is 0 Å². The first-order chi connectivity index (χ1) is 5.17. The molecule has 0 aliphatic rings. The van der Waals surface area contributed by atoms with Gasteiger partial charge in [-0.25, -0.2) is 0 Å². The van der Waals surface area contributed by atoms with E-state index in [0.717, 1.165) is 0 Å². The zero-order chi connectivity index (χ0) is 9.99. The van der Waals surface area contributed by atoms with Crippen molar-refractivity contribution in [1.29, 1.82) is 0 Å². The van der Waals surface area contributed by atoms with Crippen molar-refractivity contribution in [2.45, 2.75) is 32.8 Å². The van der Waals surface area contributed by atoms with Gasteiger partial charge in [0.2, 0.25) is 0 Å². The standard InChI is InChI=1S/C5H14B2O4P/c1-5(2,12(8,9)10)11-6-7(3)4/h1-4H3,(H2,8,9,10). The van der Waals surface area contributed by atoms with Crippen molar-refractivity contribution in [2.75, 3.05) is 0 Å². The molecule has 0 fully saturated rings. The first-order valence-corrected chi connectivity index (χ1v) is 5.35. The van der Waals surface area contributed by atoms with Gasteiger partial charge >= 0.3 is 7.60 Å². The molecule has 0 amide bonds. The first-order valence-electron chi connectivity index (χ1n) is 3.73. The summed E-state index contributed by atoms with van der Waals surface area (Å²) in [5.41, 5.74) is 0. The van der Waals surface area contributed by atoms with E-state index in [1.54, 1.807) is 0 Å². The highest BCUT2D eigenvalue weighted by Gasteiger charge is 2.38. The van der Waals surface area contributed by atoms with Crippen molar-refractivity contribution < 1.29 is 19.0 Å². The Morgan fingerprint density at radius 2 is 1.83 bits per heavy atom. The predicted octanol–water partition coefficient (Wildman–Crippen LogP) is 0.787. The minimum atomic E-state index is -4.18. The van der Waals surface area contributed by atoms with Gasteiger partial charge in [-0.05, 0) is 13.8 Å². The van der Waals surface area contributed by atoms with Crippen molar-refractivity contribution in [2.24, 2.45) is 0 Å². The molecular formula is C5H14B2O4P. The Labute approximate surface area is 74.2 Å². The maximum atomic E-state index is 10.8. The van der Waals surface area contributed by atoms with Gasteiger partial charge in [-0.15, -0.1) is 0 Å². The summed E-state index contributed by atoms with van der Waals surface area (Å²) in [6, 6.07) is 0. The quantitative estimate of drug-likeness (QED) is 0.508. The van der Waals surface area contributed by atoms with Crippen LogP contribution < -0.4 is 0 Å². The van der Waals surface area contributed by atoms with Crippen LogP contribution in [0.2, 0.25) is 13.6 Å². The Kier molecular flexibility index (Phi) is 4.04. The zero-order valence-corrected chi connectivity index (χ0v) is 8.71. The highest BCUT2D eigenvalue weighted by molar-refractivity contribution is 7.53. The Morgan fingerprint density at radius 3 is 2.08 bits per heavy atom. The van der Waals surface area contributed by atoms with E-state index in [0.29, 0.717) is 0 Å². The van der Waals surface area contributed by atoms with Crippen molar-refractivity contribution in [3.63, 3.8) is 0 Å². The van der Waals surface area contributed by atoms with Gasteiger partial charge < -0.3 is 14.4 Å². The van der Waals surface area contributed by atoms with Crippen LogP contribution in [0.4, 0.5) is 0 Å². The molecule has 0 spiro atoms. The molecule has 0 rings (SSSR count). The highest BCUT2D eigenvalue weighted by Crippen LogP contribution is 2.50. The van der Waals surface area contributed by atoms with Gasteiger partial charge in [0.15, 0.2) is 0 Å². The van der Waals surface area contributed by atoms with Crippen LogP contribution in [-0.2, 0) is 9.22 Å². The second kappa shape index (κ2) is 3.97. The fourth-order valence-corrected chi connectivity index (χ4v) is 0.569. The van der Waals surface area contributed by atoms with E-state index in [1.807, 2.05) is 13.6 Å². The summed E-state index contributed by atoms with van der Waals surface area (Å²) in [7, 11) is -2.75. The molecule has 0 aromatic carbocycles. The summed E-state index contributed by atoms with van der Waals surface area (Å²) in [6.45, 7) is 6.63. The van der Waals surface area contributed by atoms with Crippen LogP contribution in [0.3, 0.4) is 0 Å². The smallest absolute Gasteiger partial charge is 0.354 e. The van der Waals surface area contributed by atoms with E-state index in [2.05, 4.69) is 0 Å². The van der Waals surface area contributed by atoms with Crippen LogP contribution in [0.1, 0.15) is 13.8 Å². The maximum absolute atomic E-state index is 10.8. The minimum Gasteiger partial charge on any atom is -0.436 e. The molecule has 0 heterocycles. The first kappa shape index (κ1) is 12.2. The Morgan fingerprint density at radius 1 is 1.42 bits per heavy atom. The van der Waals surface area contributed by atoms with Gasteiger partial charge in [0.1, 0.15) is 11.9 Å². The number of hydrogen-bond donors (Lipinski definition) is 2. The fraction of sp³-hybridized carbons (Fsp3) is 1.00. The number of hydrogen-bond acceptors (Lipinski definition) is 2. The van der Waals surface area contributed by atoms with E-state index >= 15 is 0 Å². The Bertz CT molecular complexity index is 188. The van der Waals surface area contributed by atoms with Crippen LogP contribution in [0.15, 0.2) is 0 Å².